The molecule has 2 aromatic carbocycles. The molecule has 0 atom stereocenters. The summed E-state index contributed by atoms with van der Waals surface area (Å²) in [7, 11) is -4.70. The third-order valence-corrected chi connectivity index (χ3v) is 8.88. The lowest BCUT2D eigenvalue weighted by Crippen LogP contribution is -2.33. The van der Waals surface area contributed by atoms with E-state index in [1.54, 1.807) is 24.3 Å². The summed E-state index contributed by atoms with van der Waals surface area (Å²) in [4.78, 5) is 21.3. The molecule has 3 N–H and O–H groups in total. The quantitative estimate of drug-likeness (QED) is 0.169. The Morgan fingerprint density at radius 2 is 2.00 bits per heavy atom. The van der Waals surface area contributed by atoms with Crippen molar-refractivity contribution in [3.63, 3.8) is 0 Å². The summed E-state index contributed by atoms with van der Waals surface area (Å²) in [6.07, 6.45) is 4.88. The summed E-state index contributed by atoms with van der Waals surface area (Å²) in [6.45, 7) is -0.519. The van der Waals surface area contributed by atoms with Crippen molar-refractivity contribution in [1.29, 1.82) is 0 Å². The van der Waals surface area contributed by atoms with Gasteiger partial charge in [0.15, 0.2) is 11.6 Å². The number of aliphatic hydroxyl groups is 1. The third kappa shape index (κ3) is 7.44. The maximum atomic E-state index is 15.7. The smallest absolute Gasteiger partial charge is 0.277 e. The number of nitrogens with one attached hydrogen (secondary N) is 2. The van der Waals surface area contributed by atoms with Crippen LogP contribution in [0.15, 0.2) is 53.7 Å². The Hall–Kier alpha value is -2.43. The van der Waals surface area contributed by atoms with Crippen molar-refractivity contribution < 1.29 is 31.9 Å². The molecular formula is C26H26ClF2IN4O5S. The molecule has 3 aromatic rings. The number of carbonyl (C=O) groups is 1. The Labute approximate surface area is 249 Å². The number of hydrogen-bond donors (Lipinski definition) is 3. The van der Waals surface area contributed by atoms with Gasteiger partial charge in [-0.2, -0.15) is 4.31 Å². The number of pyridine rings is 1. The van der Waals surface area contributed by atoms with E-state index in [1.165, 1.54) is 18.5 Å². The van der Waals surface area contributed by atoms with Crippen LogP contribution in [0.2, 0.25) is 5.02 Å². The molecule has 0 bridgehead atoms. The highest BCUT2D eigenvalue weighted by Crippen LogP contribution is 2.35. The number of halogens is 4. The number of hydrogen-bond acceptors (Lipinski definition) is 7. The van der Waals surface area contributed by atoms with Crippen LogP contribution in [0.25, 0.3) is 0 Å². The first-order valence-electron chi connectivity index (χ1n) is 12.3. The van der Waals surface area contributed by atoms with Crippen LogP contribution in [0.1, 0.15) is 35.2 Å². The number of amides is 1. The summed E-state index contributed by atoms with van der Waals surface area (Å²) >= 11 is 8.29. The van der Waals surface area contributed by atoms with Crippen molar-refractivity contribution in [1.82, 2.24) is 14.8 Å². The van der Waals surface area contributed by atoms with Gasteiger partial charge in [-0.05, 0) is 83.7 Å². The molecule has 9 nitrogen and oxygen atoms in total. The normalized spacial score (nSPS) is 13.4. The highest BCUT2D eigenvalue weighted by molar-refractivity contribution is 14.1. The lowest BCUT2D eigenvalue weighted by molar-refractivity contribution is 0.0270. The van der Waals surface area contributed by atoms with E-state index in [4.69, 9.17) is 16.4 Å². The molecule has 1 saturated carbocycles. The molecule has 1 aliphatic rings. The Morgan fingerprint density at radius 1 is 1.23 bits per heavy atom. The van der Waals surface area contributed by atoms with Gasteiger partial charge in [-0.3, -0.25) is 14.6 Å². The minimum Gasteiger partial charge on any atom is -0.396 e. The molecule has 1 heterocycles. The second kappa shape index (κ2) is 13.5. The van der Waals surface area contributed by atoms with Gasteiger partial charge in [-0.25, -0.2) is 22.7 Å². The van der Waals surface area contributed by atoms with Gasteiger partial charge in [0.2, 0.25) is 10.0 Å². The lowest BCUT2D eigenvalue weighted by atomic mass is 10.1. The zero-order chi connectivity index (χ0) is 28.9. The number of aromatic nitrogens is 1. The molecule has 1 aromatic heterocycles. The standard InChI is InChI=1S/C26H26ClF2IN4O5S/c27-20-11-18(30)6-7-21(20)32-25-19(26(36)33-39-15-16-4-5-16)12-22(23(28)24(25)29)40(37,38)34(9-2-10-35)14-17-3-1-8-31-13-17/h1,3,6-8,11-13,16,32,35H,2,4-5,9-10,14-15H2,(H,33,36). The van der Waals surface area contributed by atoms with Crippen LogP contribution in [0.5, 0.6) is 0 Å². The average molecular weight is 707 g/mol. The van der Waals surface area contributed by atoms with Crippen LogP contribution in [0, 0.1) is 21.1 Å². The SMILES string of the molecule is O=C(NOCC1CC1)c1cc(S(=O)(=O)N(CCCO)Cc2cccnc2)c(F)c(F)c1Nc1ccc(I)cc1Cl. The molecule has 0 saturated heterocycles. The third-order valence-electron chi connectivity index (χ3n) is 6.05. The minimum absolute atomic E-state index is 0.0386. The Balaban J connectivity index is 1.77. The molecule has 40 heavy (non-hydrogen) atoms. The van der Waals surface area contributed by atoms with Gasteiger partial charge >= 0.3 is 0 Å². The maximum absolute atomic E-state index is 15.7. The molecule has 14 heteroatoms. The van der Waals surface area contributed by atoms with E-state index in [0.29, 0.717) is 5.56 Å². The summed E-state index contributed by atoms with van der Waals surface area (Å²) in [5.41, 5.74) is 1.74. The monoisotopic (exact) mass is 706 g/mol. The fraction of sp³-hybridized carbons (Fsp3) is 0.308. The Bertz CT molecular complexity index is 1480. The highest BCUT2D eigenvalue weighted by Gasteiger charge is 2.33. The van der Waals surface area contributed by atoms with Crippen LogP contribution >= 0.6 is 34.2 Å². The highest BCUT2D eigenvalue weighted by atomic mass is 127. The molecule has 0 unspecified atom stereocenters. The molecule has 1 fully saturated rings. The van der Waals surface area contributed by atoms with Gasteiger partial charge in [-0.15, -0.1) is 0 Å². The van der Waals surface area contributed by atoms with Gasteiger partial charge in [-0.1, -0.05) is 17.7 Å². The fourth-order valence-corrected chi connectivity index (χ4v) is 6.20. The second-order valence-corrected chi connectivity index (χ2v) is 12.7. The number of nitrogens with zero attached hydrogens (tertiary/aromatic N) is 2. The van der Waals surface area contributed by atoms with Gasteiger partial charge < -0.3 is 10.4 Å². The summed E-state index contributed by atoms with van der Waals surface area (Å²) in [5.74, 6) is -3.96. The number of anilines is 2. The van der Waals surface area contributed by atoms with Crippen LogP contribution in [0.3, 0.4) is 0 Å². The summed E-state index contributed by atoms with van der Waals surface area (Å²) < 4.78 is 60.3. The fourth-order valence-electron chi connectivity index (χ4n) is 3.75. The van der Waals surface area contributed by atoms with Gasteiger partial charge in [0.1, 0.15) is 4.90 Å². The summed E-state index contributed by atoms with van der Waals surface area (Å²) in [5, 5.41) is 12.1. The first-order chi connectivity index (χ1) is 19.1. The zero-order valence-electron chi connectivity index (χ0n) is 21.0. The van der Waals surface area contributed by atoms with Crippen LogP contribution < -0.4 is 10.8 Å². The van der Waals surface area contributed by atoms with Crippen molar-refractivity contribution in [2.75, 3.05) is 25.1 Å². The number of aliphatic hydroxyl groups excluding tert-OH is 1. The van der Waals surface area contributed by atoms with E-state index in [2.05, 4.69) is 15.8 Å². The number of carbonyl (C=O) groups excluding carboxylic acids is 1. The molecule has 0 spiro atoms. The van der Waals surface area contributed by atoms with Crippen molar-refractivity contribution in [3.8, 4) is 0 Å². The van der Waals surface area contributed by atoms with E-state index in [1.807, 2.05) is 22.6 Å². The molecule has 1 aliphatic carbocycles. The van der Waals surface area contributed by atoms with Gasteiger partial charge in [0.25, 0.3) is 5.91 Å². The van der Waals surface area contributed by atoms with Crippen LogP contribution in [0.4, 0.5) is 20.2 Å². The first-order valence-corrected chi connectivity index (χ1v) is 15.2. The number of hydroxylamine groups is 1. The molecule has 1 amide bonds. The van der Waals surface area contributed by atoms with E-state index >= 15 is 8.78 Å². The van der Waals surface area contributed by atoms with Gasteiger partial charge in [0, 0.05) is 35.7 Å². The number of sulfonamides is 1. The van der Waals surface area contributed by atoms with Crippen molar-refractivity contribution in [2.24, 2.45) is 5.92 Å². The van der Waals surface area contributed by atoms with E-state index in [0.717, 1.165) is 26.8 Å². The van der Waals surface area contributed by atoms with E-state index in [-0.39, 0.29) is 49.4 Å². The Kier molecular flexibility index (Phi) is 10.3. The lowest BCUT2D eigenvalue weighted by Gasteiger charge is -2.23. The van der Waals surface area contributed by atoms with E-state index in [9.17, 15) is 18.3 Å². The Morgan fingerprint density at radius 3 is 2.65 bits per heavy atom. The van der Waals surface area contributed by atoms with Crippen molar-refractivity contribution in [2.45, 2.75) is 30.7 Å². The van der Waals surface area contributed by atoms with Crippen LogP contribution in [-0.4, -0.2) is 48.5 Å². The predicted octanol–water partition coefficient (Wildman–Crippen LogP) is 5.01. The maximum Gasteiger partial charge on any atom is 0.277 e. The molecule has 214 valence electrons. The van der Waals surface area contributed by atoms with Gasteiger partial charge in [0.05, 0.1) is 28.6 Å². The molecule has 0 radical (unpaired) electrons. The first kappa shape index (κ1) is 30.5. The molecular weight excluding hydrogens is 681 g/mol. The van der Waals surface area contributed by atoms with E-state index < -0.39 is 43.7 Å². The number of rotatable bonds is 13. The molecule has 0 aliphatic heterocycles. The predicted molar refractivity (Wildman–Crippen MR) is 153 cm³/mol. The second-order valence-electron chi connectivity index (χ2n) is 9.14. The number of benzene rings is 2. The zero-order valence-corrected chi connectivity index (χ0v) is 24.8. The topological polar surface area (TPSA) is 121 Å². The minimum atomic E-state index is -4.70. The summed E-state index contributed by atoms with van der Waals surface area (Å²) in [6, 6.07) is 8.75. The van der Waals surface area contributed by atoms with Crippen molar-refractivity contribution >= 4 is 61.5 Å². The molecule has 4 rings (SSSR count). The average Bonchev–Trinajstić information content (AvgIpc) is 3.75. The van der Waals surface area contributed by atoms with Crippen molar-refractivity contribution in [3.05, 3.63) is 80.1 Å². The van der Waals surface area contributed by atoms with Crippen LogP contribution in [-0.2, 0) is 21.4 Å². The largest absolute Gasteiger partial charge is 0.396 e.